The van der Waals surface area contributed by atoms with Crippen molar-refractivity contribution in [2.45, 2.75) is 6.92 Å². The van der Waals surface area contributed by atoms with E-state index in [4.69, 9.17) is 16.3 Å². The molecule has 0 bridgehead atoms. The van der Waals surface area contributed by atoms with Gasteiger partial charge in [-0.15, -0.1) is 0 Å². The summed E-state index contributed by atoms with van der Waals surface area (Å²) in [5, 5.41) is 3.37. The lowest BCUT2D eigenvalue weighted by Crippen LogP contribution is -2.12. The zero-order valence-electron chi connectivity index (χ0n) is 11.0. The van der Waals surface area contributed by atoms with E-state index in [0.717, 1.165) is 10.0 Å². The molecule has 0 aliphatic carbocycles. The van der Waals surface area contributed by atoms with Gasteiger partial charge in [-0.25, -0.2) is 0 Å². The number of benzene rings is 2. The fourth-order valence-electron chi connectivity index (χ4n) is 1.75. The molecule has 2 rings (SSSR count). The fourth-order valence-corrected chi connectivity index (χ4v) is 2.27. The first-order valence-corrected chi connectivity index (χ1v) is 7.09. The van der Waals surface area contributed by atoms with Gasteiger partial charge in [-0.1, -0.05) is 17.7 Å². The van der Waals surface area contributed by atoms with Crippen molar-refractivity contribution in [2.75, 3.05) is 12.4 Å². The Morgan fingerprint density at radius 2 is 2.00 bits per heavy atom. The summed E-state index contributed by atoms with van der Waals surface area (Å²) in [5.74, 6) is 0.467. The maximum Gasteiger partial charge on any atom is 0.255 e. The summed E-state index contributed by atoms with van der Waals surface area (Å²) in [6.07, 6.45) is 0. The van der Waals surface area contributed by atoms with Crippen LogP contribution in [0.1, 0.15) is 15.9 Å². The average Bonchev–Trinajstić information content (AvgIpc) is 2.43. The number of amides is 1. The van der Waals surface area contributed by atoms with Gasteiger partial charge in [-0.3, -0.25) is 4.79 Å². The van der Waals surface area contributed by atoms with Gasteiger partial charge in [0, 0.05) is 15.1 Å². The molecule has 104 valence electrons. The lowest BCUT2D eigenvalue weighted by atomic mass is 10.1. The Bertz CT molecular complexity index is 658. The molecule has 1 amide bonds. The van der Waals surface area contributed by atoms with Gasteiger partial charge in [0.1, 0.15) is 5.75 Å². The summed E-state index contributed by atoms with van der Waals surface area (Å²) in [5.41, 5.74) is 2.13. The number of rotatable bonds is 3. The number of aryl methyl sites for hydroxylation is 1. The minimum atomic E-state index is -0.216. The highest BCUT2D eigenvalue weighted by Gasteiger charge is 2.10. The van der Waals surface area contributed by atoms with Crippen LogP contribution in [-0.2, 0) is 0 Å². The second-order valence-electron chi connectivity index (χ2n) is 4.26. The molecule has 0 aliphatic rings. The summed E-state index contributed by atoms with van der Waals surface area (Å²) in [6, 6.07) is 10.5. The molecule has 2 aromatic rings. The van der Waals surface area contributed by atoms with Gasteiger partial charge in [0.15, 0.2) is 0 Å². The molecular formula is C15H13BrClNO2. The van der Waals surface area contributed by atoms with Crippen LogP contribution in [0.2, 0.25) is 5.02 Å². The summed E-state index contributed by atoms with van der Waals surface area (Å²) in [4.78, 5) is 12.2. The molecule has 0 fully saturated rings. The molecule has 20 heavy (non-hydrogen) atoms. The number of hydrogen-bond acceptors (Lipinski definition) is 2. The summed E-state index contributed by atoms with van der Waals surface area (Å²) < 4.78 is 5.99. The lowest BCUT2D eigenvalue weighted by molar-refractivity contribution is 0.102. The Labute approximate surface area is 131 Å². The Hall–Kier alpha value is -1.52. The predicted octanol–water partition coefficient (Wildman–Crippen LogP) is 4.67. The lowest BCUT2D eigenvalue weighted by Gasteiger charge is -2.10. The Morgan fingerprint density at radius 3 is 2.70 bits per heavy atom. The van der Waals surface area contributed by atoms with Gasteiger partial charge in [0.25, 0.3) is 5.91 Å². The molecule has 0 heterocycles. The van der Waals surface area contributed by atoms with Crippen molar-refractivity contribution < 1.29 is 9.53 Å². The Balaban J connectivity index is 2.26. The average molecular weight is 355 g/mol. The van der Waals surface area contributed by atoms with Crippen molar-refractivity contribution in [3.05, 3.63) is 57.0 Å². The number of nitrogens with one attached hydrogen (secondary N) is 1. The third-order valence-corrected chi connectivity index (χ3v) is 3.77. The minimum Gasteiger partial charge on any atom is -0.496 e. The van der Waals surface area contributed by atoms with E-state index in [2.05, 4.69) is 21.2 Å². The van der Waals surface area contributed by atoms with E-state index < -0.39 is 0 Å². The molecule has 0 spiro atoms. The molecular weight excluding hydrogens is 342 g/mol. The first kappa shape index (κ1) is 14.9. The van der Waals surface area contributed by atoms with Crippen LogP contribution in [0.3, 0.4) is 0 Å². The number of methoxy groups -OCH3 is 1. The number of anilines is 1. The molecule has 0 radical (unpaired) electrons. The second-order valence-corrected chi connectivity index (χ2v) is 5.55. The molecule has 0 aliphatic heterocycles. The quantitative estimate of drug-likeness (QED) is 0.869. The second kappa shape index (κ2) is 6.29. The standard InChI is InChI=1S/C15H13BrClNO2/c1-9-3-4-10(7-14(9)20-2)15(19)18-13-8-11(17)5-6-12(13)16/h3-8H,1-2H3,(H,18,19). The van der Waals surface area contributed by atoms with Gasteiger partial charge in [0.2, 0.25) is 0 Å². The first-order valence-electron chi connectivity index (χ1n) is 5.92. The molecule has 0 saturated heterocycles. The molecule has 0 aromatic heterocycles. The highest BCUT2D eigenvalue weighted by Crippen LogP contribution is 2.27. The summed E-state index contributed by atoms with van der Waals surface area (Å²) in [6.45, 7) is 1.92. The number of halogens is 2. The van der Waals surface area contributed by atoms with Crippen LogP contribution in [0.5, 0.6) is 5.75 Å². The van der Waals surface area contributed by atoms with Crippen LogP contribution >= 0.6 is 27.5 Å². The normalized spacial score (nSPS) is 10.2. The molecule has 5 heteroatoms. The van der Waals surface area contributed by atoms with Crippen molar-refractivity contribution in [2.24, 2.45) is 0 Å². The van der Waals surface area contributed by atoms with Gasteiger partial charge >= 0.3 is 0 Å². The van der Waals surface area contributed by atoms with Crippen molar-refractivity contribution in [3.63, 3.8) is 0 Å². The molecule has 1 N–H and O–H groups in total. The zero-order valence-corrected chi connectivity index (χ0v) is 13.4. The molecule has 0 unspecified atom stereocenters. The van der Waals surface area contributed by atoms with Crippen LogP contribution in [0.4, 0.5) is 5.69 Å². The fraction of sp³-hybridized carbons (Fsp3) is 0.133. The van der Waals surface area contributed by atoms with E-state index in [1.165, 1.54) is 0 Å². The van der Waals surface area contributed by atoms with Crippen molar-refractivity contribution in [1.82, 2.24) is 0 Å². The van der Waals surface area contributed by atoms with Crippen molar-refractivity contribution in [3.8, 4) is 5.75 Å². The largest absolute Gasteiger partial charge is 0.496 e. The number of carbonyl (C=O) groups is 1. The molecule has 3 nitrogen and oxygen atoms in total. The maximum absolute atomic E-state index is 12.2. The third kappa shape index (κ3) is 3.32. The van der Waals surface area contributed by atoms with Gasteiger partial charge in [0.05, 0.1) is 12.8 Å². The monoisotopic (exact) mass is 353 g/mol. The predicted molar refractivity (Wildman–Crippen MR) is 84.8 cm³/mol. The van der Waals surface area contributed by atoms with Crippen molar-refractivity contribution in [1.29, 1.82) is 0 Å². The van der Waals surface area contributed by atoms with Crippen LogP contribution in [-0.4, -0.2) is 13.0 Å². The summed E-state index contributed by atoms with van der Waals surface area (Å²) >= 11 is 9.30. The van der Waals surface area contributed by atoms with E-state index in [1.54, 1.807) is 37.4 Å². The number of hydrogen-bond donors (Lipinski definition) is 1. The van der Waals surface area contributed by atoms with Crippen LogP contribution < -0.4 is 10.1 Å². The Morgan fingerprint density at radius 1 is 1.25 bits per heavy atom. The van der Waals surface area contributed by atoms with Gasteiger partial charge in [-0.05, 0) is 58.7 Å². The topological polar surface area (TPSA) is 38.3 Å². The summed E-state index contributed by atoms with van der Waals surface area (Å²) in [7, 11) is 1.58. The van der Waals surface area contributed by atoms with E-state index in [9.17, 15) is 4.79 Å². The van der Waals surface area contributed by atoms with E-state index in [-0.39, 0.29) is 5.91 Å². The van der Waals surface area contributed by atoms with E-state index >= 15 is 0 Å². The number of ether oxygens (including phenoxy) is 1. The highest BCUT2D eigenvalue weighted by atomic mass is 79.9. The van der Waals surface area contributed by atoms with E-state index in [0.29, 0.717) is 22.0 Å². The SMILES string of the molecule is COc1cc(C(=O)Nc2cc(Cl)ccc2Br)ccc1C. The third-order valence-electron chi connectivity index (χ3n) is 2.85. The van der Waals surface area contributed by atoms with Crippen LogP contribution in [0, 0.1) is 6.92 Å². The van der Waals surface area contributed by atoms with Gasteiger partial charge in [-0.2, -0.15) is 0 Å². The Kier molecular flexibility index (Phi) is 4.68. The zero-order chi connectivity index (χ0) is 14.7. The van der Waals surface area contributed by atoms with Crippen LogP contribution in [0.15, 0.2) is 40.9 Å². The first-order chi connectivity index (χ1) is 9.51. The van der Waals surface area contributed by atoms with Crippen LogP contribution in [0.25, 0.3) is 0 Å². The number of carbonyl (C=O) groups excluding carboxylic acids is 1. The maximum atomic E-state index is 12.2. The molecule has 0 atom stereocenters. The smallest absolute Gasteiger partial charge is 0.255 e. The molecule has 2 aromatic carbocycles. The van der Waals surface area contributed by atoms with Gasteiger partial charge < -0.3 is 10.1 Å². The van der Waals surface area contributed by atoms with E-state index in [1.807, 2.05) is 13.0 Å². The minimum absolute atomic E-state index is 0.216. The van der Waals surface area contributed by atoms with Crippen molar-refractivity contribution >= 4 is 39.1 Å². The highest BCUT2D eigenvalue weighted by molar-refractivity contribution is 9.10. The molecule has 0 saturated carbocycles.